The quantitative estimate of drug-likeness (QED) is 0.813. The fourth-order valence-electron chi connectivity index (χ4n) is 3.74. The number of ether oxygens (including phenoxy) is 2. The van der Waals surface area contributed by atoms with Crippen molar-refractivity contribution in [3.8, 4) is 11.1 Å². The molecule has 146 valence electrons. The number of piperidine rings is 1. The van der Waals surface area contributed by atoms with Gasteiger partial charge in [0.1, 0.15) is 6.61 Å². The summed E-state index contributed by atoms with van der Waals surface area (Å²) in [5.74, 6) is 0. The van der Waals surface area contributed by atoms with Gasteiger partial charge in [-0.3, -0.25) is 0 Å². The normalized spacial score (nSPS) is 19.0. The van der Waals surface area contributed by atoms with Crippen LogP contribution in [0, 0.1) is 0 Å². The number of nitrogens with zero attached hydrogens (tertiary/aromatic N) is 1. The van der Waals surface area contributed by atoms with Crippen LogP contribution in [-0.2, 0) is 9.47 Å². The zero-order valence-corrected chi connectivity index (χ0v) is 15.9. The summed E-state index contributed by atoms with van der Waals surface area (Å²) in [6.07, 6.45) is 0.601. The molecule has 2 fully saturated rings. The molecule has 2 saturated heterocycles. The molecule has 2 heterocycles. The third-order valence-corrected chi connectivity index (χ3v) is 5.57. The number of hydrogen-bond donors (Lipinski definition) is 1. The van der Waals surface area contributed by atoms with Crippen molar-refractivity contribution in [2.75, 3.05) is 19.7 Å². The Kier molecular flexibility index (Phi) is 4.94. The van der Waals surface area contributed by atoms with Gasteiger partial charge in [0.15, 0.2) is 5.60 Å². The maximum atomic E-state index is 12.6. The lowest BCUT2D eigenvalue weighted by Crippen LogP contribution is -2.51. The maximum Gasteiger partial charge on any atom is 0.509 e. The molecule has 6 nitrogen and oxygen atoms in total. The van der Waals surface area contributed by atoms with Gasteiger partial charge in [0.05, 0.1) is 6.04 Å². The molecule has 2 amide bonds. The van der Waals surface area contributed by atoms with E-state index in [2.05, 4.69) is 29.6 Å². The number of nitrogens with one attached hydrogen (secondary N) is 1. The lowest BCUT2D eigenvalue weighted by atomic mass is 9.92. The van der Waals surface area contributed by atoms with Crippen molar-refractivity contribution in [2.45, 2.75) is 31.4 Å². The van der Waals surface area contributed by atoms with Crippen LogP contribution in [0.25, 0.3) is 11.1 Å². The van der Waals surface area contributed by atoms with Crippen molar-refractivity contribution in [1.82, 2.24) is 10.2 Å². The molecule has 0 bridgehead atoms. The van der Waals surface area contributed by atoms with Crippen LogP contribution in [0.4, 0.5) is 9.59 Å². The van der Waals surface area contributed by atoms with Crippen LogP contribution in [0.5, 0.6) is 0 Å². The van der Waals surface area contributed by atoms with Gasteiger partial charge in [-0.1, -0.05) is 54.6 Å². The van der Waals surface area contributed by atoms with E-state index in [4.69, 9.17) is 9.47 Å². The molecule has 1 spiro atoms. The highest BCUT2D eigenvalue weighted by Gasteiger charge is 2.45. The maximum absolute atomic E-state index is 12.6. The fraction of sp³-hybridized carbons (Fsp3) is 0.364. The van der Waals surface area contributed by atoms with E-state index in [0.717, 1.165) is 11.1 Å². The molecule has 0 aromatic heterocycles. The topological polar surface area (TPSA) is 67.9 Å². The summed E-state index contributed by atoms with van der Waals surface area (Å²) in [4.78, 5) is 25.6. The first-order valence-electron chi connectivity index (χ1n) is 9.61. The minimum atomic E-state index is -0.606. The number of cyclic esters (lactones) is 1. The number of amides is 2. The summed E-state index contributed by atoms with van der Waals surface area (Å²) in [6, 6.07) is 18.3. The van der Waals surface area contributed by atoms with E-state index in [1.165, 1.54) is 5.56 Å². The molecule has 0 aliphatic carbocycles. The van der Waals surface area contributed by atoms with Gasteiger partial charge in [-0.15, -0.1) is 0 Å². The van der Waals surface area contributed by atoms with Crippen LogP contribution >= 0.6 is 0 Å². The molecule has 2 aromatic rings. The Hall–Kier alpha value is -3.02. The first kappa shape index (κ1) is 18.3. The number of hydrogen-bond acceptors (Lipinski definition) is 4. The van der Waals surface area contributed by atoms with Crippen LogP contribution in [0.15, 0.2) is 54.6 Å². The van der Waals surface area contributed by atoms with Gasteiger partial charge in [0.2, 0.25) is 0 Å². The monoisotopic (exact) mass is 380 g/mol. The minimum Gasteiger partial charge on any atom is -0.430 e. The second-order valence-electron chi connectivity index (χ2n) is 7.47. The minimum absolute atomic E-state index is 0.0964. The van der Waals surface area contributed by atoms with E-state index in [0.29, 0.717) is 25.9 Å². The molecule has 1 atom stereocenters. The Morgan fingerprint density at radius 1 is 1.04 bits per heavy atom. The lowest BCUT2D eigenvalue weighted by molar-refractivity contribution is 0.00917. The Balaban J connectivity index is 1.33. The van der Waals surface area contributed by atoms with Gasteiger partial charge in [0.25, 0.3) is 0 Å². The average molecular weight is 380 g/mol. The lowest BCUT2D eigenvalue weighted by Gasteiger charge is -2.36. The van der Waals surface area contributed by atoms with Gasteiger partial charge in [-0.25, -0.2) is 9.59 Å². The zero-order chi connectivity index (χ0) is 19.6. The summed E-state index contributed by atoms with van der Waals surface area (Å²) >= 11 is 0. The summed E-state index contributed by atoms with van der Waals surface area (Å²) in [5.41, 5.74) is 2.83. The summed E-state index contributed by atoms with van der Waals surface area (Å²) in [5, 5.41) is 3.06. The number of likely N-dealkylation sites (tertiary alicyclic amines) is 1. The van der Waals surface area contributed by atoms with E-state index in [9.17, 15) is 9.59 Å². The Morgan fingerprint density at radius 3 is 2.29 bits per heavy atom. The average Bonchev–Trinajstić information content (AvgIpc) is 3.09. The molecule has 1 N–H and O–H groups in total. The van der Waals surface area contributed by atoms with E-state index < -0.39 is 11.8 Å². The molecule has 4 rings (SSSR count). The molecular formula is C22H24N2O4. The Bertz CT molecular complexity index is 843. The van der Waals surface area contributed by atoms with E-state index in [-0.39, 0.29) is 18.7 Å². The largest absolute Gasteiger partial charge is 0.509 e. The predicted octanol–water partition coefficient (Wildman–Crippen LogP) is 4.13. The first-order chi connectivity index (χ1) is 13.5. The summed E-state index contributed by atoms with van der Waals surface area (Å²) in [6.45, 7) is 3.35. The number of urea groups is 1. The van der Waals surface area contributed by atoms with Gasteiger partial charge in [0, 0.05) is 25.9 Å². The standard InChI is InChI=1S/C22H24N2O4/c1-16(17-7-9-19(10-8-17)18-5-3-2-4-6-18)23-20(25)24-13-11-22(12-14-24)15-27-21(26)28-22/h2-10,16H,11-15H2,1H3,(H,23,25). The fourth-order valence-corrected chi connectivity index (χ4v) is 3.74. The number of carbonyl (C=O) groups is 2. The highest BCUT2D eigenvalue weighted by Crippen LogP contribution is 2.31. The van der Waals surface area contributed by atoms with Gasteiger partial charge < -0.3 is 19.7 Å². The molecule has 2 aliphatic rings. The third kappa shape index (κ3) is 3.81. The molecule has 1 unspecified atom stereocenters. The van der Waals surface area contributed by atoms with E-state index >= 15 is 0 Å². The van der Waals surface area contributed by atoms with Crippen LogP contribution < -0.4 is 5.32 Å². The van der Waals surface area contributed by atoms with Gasteiger partial charge in [-0.2, -0.15) is 0 Å². The molecule has 0 radical (unpaired) electrons. The molecule has 28 heavy (non-hydrogen) atoms. The van der Waals surface area contributed by atoms with E-state index in [1.807, 2.05) is 37.3 Å². The molecule has 2 aliphatic heterocycles. The van der Waals surface area contributed by atoms with Crippen LogP contribution in [-0.4, -0.2) is 42.4 Å². The molecular weight excluding hydrogens is 356 g/mol. The van der Waals surface area contributed by atoms with Crippen molar-refractivity contribution in [3.05, 3.63) is 60.2 Å². The second kappa shape index (κ2) is 7.54. The third-order valence-electron chi connectivity index (χ3n) is 5.57. The SMILES string of the molecule is CC(NC(=O)N1CCC2(CC1)COC(=O)O2)c1ccc(-c2ccccc2)cc1. The number of rotatable bonds is 3. The van der Waals surface area contributed by atoms with Gasteiger partial charge in [-0.05, 0) is 23.6 Å². The van der Waals surface area contributed by atoms with Crippen LogP contribution in [0.3, 0.4) is 0 Å². The zero-order valence-electron chi connectivity index (χ0n) is 15.9. The van der Waals surface area contributed by atoms with Crippen molar-refractivity contribution in [1.29, 1.82) is 0 Å². The first-order valence-corrected chi connectivity index (χ1v) is 9.61. The van der Waals surface area contributed by atoms with Crippen LogP contribution in [0.2, 0.25) is 0 Å². The summed E-state index contributed by atoms with van der Waals surface area (Å²) in [7, 11) is 0. The predicted molar refractivity (Wildman–Crippen MR) is 105 cm³/mol. The molecule has 6 heteroatoms. The van der Waals surface area contributed by atoms with Crippen molar-refractivity contribution < 1.29 is 19.1 Å². The number of carbonyl (C=O) groups excluding carboxylic acids is 2. The number of benzene rings is 2. The van der Waals surface area contributed by atoms with Crippen molar-refractivity contribution >= 4 is 12.2 Å². The highest BCUT2D eigenvalue weighted by molar-refractivity contribution is 5.75. The summed E-state index contributed by atoms with van der Waals surface area (Å²) < 4.78 is 10.2. The molecule has 2 aromatic carbocycles. The van der Waals surface area contributed by atoms with Crippen molar-refractivity contribution in [3.63, 3.8) is 0 Å². The van der Waals surface area contributed by atoms with E-state index in [1.54, 1.807) is 4.90 Å². The molecule has 0 saturated carbocycles. The van der Waals surface area contributed by atoms with Crippen LogP contribution in [0.1, 0.15) is 31.4 Å². The smallest absolute Gasteiger partial charge is 0.430 e. The Morgan fingerprint density at radius 2 is 1.68 bits per heavy atom. The highest BCUT2D eigenvalue weighted by atomic mass is 16.8. The second-order valence-corrected chi connectivity index (χ2v) is 7.47. The van der Waals surface area contributed by atoms with Crippen molar-refractivity contribution in [2.24, 2.45) is 0 Å². The van der Waals surface area contributed by atoms with Gasteiger partial charge >= 0.3 is 12.2 Å². The Labute approximate surface area is 164 Å².